The van der Waals surface area contributed by atoms with Crippen LogP contribution in [0.2, 0.25) is 0 Å². The molecule has 0 atom stereocenters. The summed E-state index contributed by atoms with van der Waals surface area (Å²) in [5.74, 6) is 0.796. The van der Waals surface area contributed by atoms with Gasteiger partial charge in [-0.2, -0.15) is 5.10 Å². The van der Waals surface area contributed by atoms with Gasteiger partial charge in [0.25, 0.3) is 0 Å². The molecule has 0 aliphatic rings. The highest BCUT2D eigenvalue weighted by molar-refractivity contribution is 9.10. The molecule has 4 heteroatoms. The van der Waals surface area contributed by atoms with Gasteiger partial charge in [-0.25, -0.2) is 0 Å². The molecule has 0 aromatic carbocycles. The number of aryl methyl sites for hydroxylation is 1. The molecule has 1 aromatic rings. The number of rotatable bonds is 2. The van der Waals surface area contributed by atoms with E-state index in [1.54, 1.807) is 10.9 Å². The van der Waals surface area contributed by atoms with Crippen LogP contribution in [0.5, 0.6) is 5.75 Å². The lowest BCUT2D eigenvalue weighted by Crippen LogP contribution is -1.92. The first-order valence-corrected chi connectivity index (χ1v) is 3.85. The standard InChI is InChI=1S/C6H9BrN2O/c1-3-10-5-4-8-9(2)6(5)7/h4H,3H2,1-2H3. The average Bonchev–Trinajstić information content (AvgIpc) is 2.20. The normalized spacial score (nSPS) is 9.90. The second-order valence-corrected chi connectivity index (χ2v) is 2.61. The van der Waals surface area contributed by atoms with Crippen molar-refractivity contribution in [3.05, 3.63) is 10.8 Å². The first kappa shape index (κ1) is 7.60. The van der Waals surface area contributed by atoms with Crippen molar-refractivity contribution in [2.75, 3.05) is 6.61 Å². The molecule has 0 fully saturated rings. The van der Waals surface area contributed by atoms with E-state index in [2.05, 4.69) is 21.0 Å². The molecule has 56 valence electrons. The van der Waals surface area contributed by atoms with E-state index in [0.29, 0.717) is 6.61 Å². The van der Waals surface area contributed by atoms with Gasteiger partial charge in [0, 0.05) is 7.05 Å². The molecule has 3 nitrogen and oxygen atoms in total. The van der Waals surface area contributed by atoms with E-state index in [0.717, 1.165) is 10.4 Å². The summed E-state index contributed by atoms with van der Waals surface area (Å²) in [4.78, 5) is 0. The second-order valence-electron chi connectivity index (χ2n) is 1.86. The summed E-state index contributed by atoms with van der Waals surface area (Å²) in [5.41, 5.74) is 0. The Morgan fingerprint density at radius 2 is 2.50 bits per heavy atom. The van der Waals surface area contributed by atoms with Crippen molar-refractivity contribution in [3.8, 4) is 5.75 Å². The number of hydrogen-bond acceptors (Lipinski definition) is 2. The fourth-order valence-corrected chi connectivity index (χ4v) is 0.963. The van der Waals surface area contributed by atoms with E-state index in [1.807, 2.05) is 14.0 Å². The van der Waals surface area contributed by atoms with E-state index >= 15 is 0 Å². The summed E-state index contributed by atoms with van der Waals surface area (Å²) in [7, 11) is 1.85. The molecule has 0 N–H and O–H groups in total. The molecule has 1 rings (SSSR count). The van der Waals surface area contributed by atoms with E-state index in [4.69, 9.17) is 4.74 Å². The molecule has 1 aromatic heterocycles. The maximum Gasteiger partial charge on any atom is 0.171 e. The molecule has 0 aliphatic heterocycles. The third-order valence-corrected chi connectivity index (χ3v) is 2.04. The van der Waals surface area contributed by atoms with Gasteiger partial charge in [0.05, 0.1) is 12.8 Å². The highest BCUT2D eigenvalue weighted by Gasteiger charge is 2.03. The topological polar surface area (TPSA) is 27.1 Å². The van der Waals surface area contributed by atoms with Crippen LogP contribution in [-0.2, 0) is 7.05 Å². The number of ether oxygens (including phenoxy) is 1. The molecular formula is C6H9BrN2O. The smallest absolute Gasteiger partial charge is 0.171 e. The lowest BCUT2D eigenvalue weighted by molar-refractivity contribution is 0.337. The SMILES string of the molecule is CCOc1cnn(C)c1Br. The lowest BCUT2D eigenvalue weighted by Gasteiger charge is -1.98. The number of aromatic nitrogens is 2. The molecule has 0 saturated heterocycles. The number of hydrogen-bond donors (Lipinski definition) is 0. The highest BCUT2D eigenvalue weighted by atomic mass is 79.9. The van der Waals surface area contributed by atoms with Crippen LogP contribution in [-0.4, -0.2) is 16.4 Å². The quantitative estimate of drug-likeness (QED) is 0.732. The van der Waals surface area contributed by atoms with Gasteiger partial charge in [-0.05, 0) is 22.9 Å². The molecule has 0 unspecified atom stereocenters. The van der Waals surface area contributed by atoms with Crippen molar-refractivity contribution >= 4 is 15.9 Å². The third kappa shape index (κ3) is 1.31. The Morgan fingerprint density at radius 1 is 1.80 bits per heavy atom. The Morgan fingerprint density at radius 3 is 2.90 bits per heavy atom. The third-order valence-electron chi connectivity index (χ3n) is 1.14. The summed E-state index contributed by atoms with van der Waals surface area (Å²) in [6.07, 6.45) is 1.69. The van der Waals surface area contributed by atoms with Crippen LogP contribution in [0.15, 0.2) is 10.8 Å². The summed E-state index contributed by atoms with van der Waals surface area (Å²) in [5, 5.41) is 3.98. The zero-order chi connectivity index (χ0) is 7.56. The first-order valence-electron chi connectivity index (χ1n) is 3.06. The summed E-state index contributed by atoms with van der Waals surface area (Å²) < 4.78 is 7.82. The molecule has 0 spiro atoms. The van der Waals surface area contributed by atoms with Crippen LogP contribution in [0, 0.1) is 0 Å². The van der Waals surface area contributed by atoms with E-state index in [1.165, 1.54) is 0 Å². The van der Waals surface area contributed by atoms with Crippen molar-refractivity contribution in [2.24, 2.45) is 7.05 Å². The van der Waals surface area contributed by atoms with Gasteiger partial charge in [0.2, 0.25) is 0 Å². The Labute approximate surface area is 68.1 Å². The minimum absolute atomic E-state index is 0.671. The molecule has 0 saturated carbocycles. The highest BCUT2D eigenvalue weighted by Crippen LogP contribution is 2.22. The second kappa shape index (κ2) is 3.05. The van der Waals surface area contributed by atoms with Gasteiger partial charge in [-0.1, -0.05) is 0 Å². The zero-order valence-corrected chi connectivity index (χ0v) is 7.55. The summed E-state index contributed by atoms with van der Waals surface area (Å²) >= 11 is 3.33. The van der Waals surface area contributed by atoms with Crippen molar-refractivity contribution in [3.63, 3.8) is 0 Å². The molecule has 0 aliphatic carbocycles. The Hall–Kier alpha value is -0.510. The molecule has 0 bridgehead atoms. The molecule has 0 radical (unpaired) electrons. The van der Waals surface area contributed by atoms with Crippen LogP contribution in [0.1, 0.15) is 6.92 Å². The van der Waals surface area contributed by atoms with Crippen LogP contribution in [0.3, 0.4) is 0 Å². The van der Waals surface area contributed by atoms with Gasteiger partial charge in [0.15, 0.2) is 5.75 Å². The van der Waals surface area contributed by atoms with Crippen molar-refractivity contribution < 1.29 is 4.74 Å². The van der Waals surface area contributed by atoms with Crippen LogP contribution >= 0.6 is 15.9 Å². The predicted molar refractivity (Wildman–Crippen MR) is 42.1 cm³/mol. The number of nitrogens with zero attached hydrogens (tertiary/aromatic N) is 2. The predicted octanol–water partition coefficient (Wildman–Crippen LogP) is 1.58. The van der Waals surface area contributed by atoms with Gasteiger partial charge < -0.3 is 4.74 Å². The lowest BCUT2D eigenvalue weighted by atomic mass is 10.6. The Bertz CT molecular complexity index is 222. The van der Waals surface area contributed by atoms with Crippen molar-refractivity contribution in [1.29, 1.82) is 0 Å². The fraction of sp³-hybridized carbons (Fsp3) is 0.500. The summed E-state index contributed by atoms with van der Waals surface area (Å²) in [6, 6.07) is 0. The minimum Gasteiger partial charge on any atom is -0.489 e. The van der Waals surface area contributed by atoms with E-state index in [-0.39, 0.29) is 0 Å². The van der Waals surface area contributed by atoms with E-state index in [9.17, 15) is 0 Å². The van der Waals surface area contributed by atoms with E-state index < -0.39 is 0 Å². The van der Waals surface area contributed by atoms with Crippen LogP contribution in [0.4, 0.5) is 0 Å². The summed E-state index contributed by atoms with van der Waals surface area (Å²) in [6.45, 7) is 2.61. The first-order chi connectivity index (χ1) is 4.75. The van der Waals surface area contributed by atoms with Crippen LogP contribution in [0.25, 0.3) is 0 Å². The maximum absolute atomic E-state index is 5.23. The van der Waals surface area contributed by atoms with Gasteiger partial charge in [-0.3, -0.25) is 4.68 Å². The molecule has 1 heterocycles. The van der Waals surface area contributed by atoms with Gasteiger partial charge >= 0.3 is 0 Å². The average molecular weight is 205 g/mol. The Balaban J connectivity index is 2.83. The van der Waals surface area contributed by atoms with Gasteiger partial charge in [-0.15, -0.1) is 0 Å². The van der Waals surface area contributed by atoms with Crippen molar-refractivity contribution in [2.45, 2.75) is 6.92 Å². The van der Waals surface area contributed by atoms with Crippen LogP contribution < -0.4 is 4.74 Å². The maximum atomic E-state index is 5.23. The Kier molecular flexibility index (Phi) is 2.32. The molecule has 10 heavy (non-hydrogen) atoms. The zero-order valence-electron chi connectivity index (χ0n) is 5.97. The number of halogens is 1. The van der Waals surface area contributed by atoms with Crippen molar-refractivity contribution in [1.82, 2.24) is 9.78 Å². The molecular weight excluding hydrogens is 196 g/mol. The molecule has 0 amide bonds. The fourth-order valence-electron chi connectivity index (χ4n) is 0.655. The van der Waals surface area contributed by atoms with Gasteiger partial charge in [0.1, 0.15) is 4.60 Å². The largest absolute Gasteiger partial charge is 0.489 e. The minimum atomic E-state index is 0.671. The monoisotopic (exact) mass is 204 g/mol.